The molecular weight excluding hydrogens is 202 g/mol. The fourth-order valence-electron chi connectivity index (χ4n) is 1.52. The number of hydrogen-bond donors (Lipinski definition) is 1. The van der Waals surface area contributed by atoms with Crippen LogP contribution in [0.2, 0.25) is 0 Å². The highest BCUT2D eigenvalue weighted by molar-refractivity contribution is 8.00. The summed E-state index contributed by atoms with van der Waals surface area (Å²) in [7, 11) is 0. The van der Waals surface area contributed by atoms with Crippen LogP contribution >= 0.6 is 23.1 Å². The second kappa shape index (κ2) is 4.44. The summed E-state index contributed by atoms with van der Waals surface area (Å²) in [5.41, 5.74) is 0. The lowest BCUT2D eigenvalue weighted by molar-refractivity contribution is 0.285. The van der Waals surface area contributed by atoms with Crippen molar-refractivity contribution in [1.82, 2.24) is 4.98 Å². The van der Waals surface area contributed by atoms with Gasteiger partial charge in [-0.1, -0.05) is 0 Å². The molecule has 2 heterocycles. The predicted octanol–water partition coefficient (Wildman–Crippen LogP) is 2.07. The topological polar surface area (TPSA) is 33.1 Å². The summed E-state index contributed by atoms with van der Waals surface area (Å²) in [6, 6.07) is 0. The molecule has 1 saturated heterocycles. The molecule has 1 N–H and O–H groups in total. The summed E-state index contributed by atoms with van der Waals surface area (Å²) in [6.45, 7) is 0.134. The Kier molecular flexibility index (Phi) is 3.24. The summed E-state index contributed by atoms with van der Waals surface area (Å²) in [6.07, 6.45) is 5.57. The molecule has 1 aromatic rings. The minimum absolute atomic E-state index is 0.134. The van der Waals surface area contributed by atoms with Crippen LogP contribution < -0.4 is 0 Å². The SMILES string of the molecule is OCc1cnc(CC2CCCS2)s1. The molecule has 1 aliphatic heterocycles. The van der Waals surface area contributed by atoms with Crippen LogP contribution in [0.4, 0.5) is 0 Å². The second-order valence-electron chi connectivity index (χ2n) is 3.22. The Bertz CT molecular complexity index is 268. The monoisotopic (exact) mass is 215 g/mol. The Morgan fingerprint density at radius 1 is 1.62 bits per heavy atom. The summed E-state index contributed by atoms with van der Waals surface area (Å²) < 4.78 is 0. The lowest BCUT2D eigenvalue weighted by atomic mass is 10.2. The molecule has 2 rings (SSSR count). The van der Waals surface area contributed by atoms with Crippen molar-refractivity contribution in [2.24, 2.45) is 0 Å². The first-order chi connectivity index (χ1) is 6.38. The van der Waals surface area contributed by atoms with Gasteiger partial charge in [0.25, 0.3) is 0 Å². The zero-order valence-electron chi connectivity index (χ0n) is 7.40. The first-order valence-electron chi connectivity index (χ1n) is 4.54. The lowest BCUT2D eigenvalue weighted by Gasteiger charge is -2.03. The Hall–Kier alpha value is -0.0600. The van der Waals surface area contributed by atoms with Crippen molar-refractivity contribution in [2.45, 2.75) is 31.1 Å². The number of aliphatic hydroxyl groups excluding tert-OH is 1. The van der Waals surface area contributed by atoms with Gasteiger partial charge in [0, 0.05) is 17.9 Å². The minimum Gasteiger partial charge on any atom is -0.391 e. The van der Waals surface area contributed by atoms with Crippen molar-refractivity contribution in [3.05, 3.63) is 16.1 Å². The third-order valence-corrected chi connectivity index (χ3v) is 4.59. The molecule has 0 radical (unpaired) electrons. The maximum absolute atomic E-state index is 8.88. The summed E-state index contributed by atoms with van der Waals surface area (Å²) in [4.78, 5) is 5.28. The summed E-state index contributed by atoms with van der Waals surface area (Å²) in [5, 5.41) is 10.8. The zero-order chi connectivity index (χ0) is 9.10. The van der Waals surface area contributed by atoms with Gasteiger partial charge < -0.3 is 5.11 Å². The van der Waals surface area contributed by atoms with Gasteiger partial charge in [-0.25, -0.2) is 4.98 Å². The summed E-state index contributed by atoms with van der Waals surface area (Å²) in [5.74, 6) is 1.31. The van der Waals surface area contributed by atoms with Gasteiger partial charge in [-0.15, -0.1) is 11.3 Å². The molecule has 4 heteroatoms. The van der Waals surface area contributed by atoms with E-state index in [0.717, 1.165) is 16.5 Å². The van der Waals surface area contributed by atoms with E-state index in [0.29, 0.717) is 0 Å². The average Bonchev–Trinajstić information content (AvgIpc) is 2.76. The van der Waals surface area contributed by atoms with E-state index in [1.165, 1.54) is 23.6 Å². The highest BCUT2D eigenvalue weighted by atomic mass is 32.2. The molecule has 0 bridgehead atoms. The largest absolute Gasteiger partial charge is 0.391 e. The number of thiazole rings is 1. The highest BCUT2D eigenvalue weighted by Crippen LogP contribution is 2.30. The Morgan fingerprint density at radius 2 is 2.54 bits per heavy atom. The number of thioether (sulfide) groups is 1. The van der Waals surface area contributed by atoms with Crippen molar-refractivity contribution in [3.63, 3.8) is 0 Å². The van der Waals surface area contributed by atoms with E-state index >= 15 is 0 Å². The maximum atomic E-state index is 8.88. The van der Waals surface area contributed by atoms with Crippen LogP contribution in [0.5, 0.6) is 0 Å². The minimum atomic E-state index is 0.134. The molecule has 2 nitrogen and oxygen atoms in total. The fourth-order valence-corrected chi connectivity index (χ4v) is 3.76. The van der Waals surface area contributed by atoms with Crippen LogP contribution in [0.3, 0.4) is 0 Å². The van der Waals surface area contributed by atoms with E-state index in [1.54, 1.807) is 17.5 Å². The van der Waals surface area contributed by atoms with Gasteiger partial charge in [0.05, 0.1) is 16.5 Å². The van der Waals surface area contributed by atoms with Crippen LogP contribution in [0, 0.1) is 0 Å². The molecule has 0 amide bonds. The molecule has 13 heavy (non-hydrogen) atoms. The van der Waals surface area contributed by atoms with Crippen LogP contribution in [0.15, 0.2) is 6.20 Å². The van der Waals surface area contributed by atoms with Gasteiger partial charge in [-0.2, -0.15) is 11.8 Å². The summed E-state index contributed by atoms with van der Waals surface area (Å²) >= 11 is 3.70. The second-order valence-corrected chi connectivity index (χ2v) is 5.83. The highest BCUT2D eigenvalue weighted by Gasteiger charge is 2.17. The molecule has 1 aromatic heterocycles. The van der Waals surface area contributed by atoms with Crippen molar-refractivity contribution in [2.75, 3.05) is 5.75 Å². The third-order valence-electron chi connectivity index (χ3n) is 2.18. The molecule has 1 fully saturated rings. The van der Waals surface area contributed by atoms with Crippen LogP contribution in [0.1, 0.15) is 22.7 Å². The molecule has 1 aliphatic rings. The van der Waals surface area contributed by atoms with Crippen LogP contribution in [0.25, 0.3) is 0 Å². The Morgan fingerprint density at radius 3 is 3.15 bits per heavy atom. The molecular formula is C9H13NOS2. The Balaban J connectivity index is 1.92. The first kappa shape index (κ1) is 9.49. The van der Waals surface area contributed by atoms with Crippen molar-refractivity contribution < 1.29 is 5.11 Å². The number of nitrogens with zero attached hydrogens (tertiary/aromatic N) is 1. The molecule has 0 aromatic carbocycles. The number of hydrogen-bond acceptors (Lipinski definition) is 4. The molecule has 1 unspecified atom stereocenters. The van der Waals surface area contributed by atoms with Gasteiger partial charge in [0.2, 0.25) is 0 Å². The van der Waals surface area contributed by atoms with E-state index in [1.807, 2.05) is 0 Å². The first-order valence-corrected chi connectivity index (χ1v) is 6.41. The smallest absolute Gasteiger partial charge is 0.0939 e. The molecule has 0 spiro atoms. The number of aliphatic hydroxyl groups is 1. The average molecular weight is 215 g/mol. The van der Waals surface area contributed by atoms with E-state index in [-0.39, 0.29) is 6.61 Å². The lowest BCUT2D eigenvalue weighted by Crippen LogP contribution is -2.00. The van der Waals surface area contributed by atoms with Crippen molar-refractivity contribution in [3.8, 4) is 0 Å². The van der Waals surface area contributed by atoms with E-state index in [4.69, 9.17) is 5.11 Å². The number of rotatable bonds is 3. The standard InChI is InChI=1S/C9H13NOS2/c11-6-8-5-10-9(13-8)4-7-2-1-3-12-7/h5,7,11H,1-4,6H2. The van der Waals surface area contributed by atoms with Crippen LogP contribution in [-0.4, -0.2) is 21.1 Å². The van der Waals surface area contributed by atoms with Gasteiger partial charge in [0.1, 0.15) is 0 Å². The molecule has 1 atom stereocenters. The fraction of sp³-hybridized carbons (Fsp3) is 0.667. The van der Waals surface area contributed by atoms with Crippen LogP contribution in [-0.2, 0) is 13.0 Å². The predicted molar refractivity (Wildman–Crippen MR) is 57.2 cm³/mol. The van der Waals surface area contributed by atoms with E-state index < -0.39 is 0 Å². The Labute approximate surface area is 86.4 Å². The van der Waals surface area contributed by atoms with Crippen molar-refractivity contribution >= 4 is 23.1 Å². The maximum Gasteiger partial charge on any atom is 0.0939 e. The molecule has 72 valence electrons. The van der Waals surface area contributed by atoms with Crippen molar-refractivity contribution in [1.29, 1.82) is 0 Å². The van der Waals surface area contributed by atoms with Gasteiger partial charge in [0.15, 0.2) is 0 Å². The quantitative estimate of drug-likeness (QED) is 0.838. The third kappa shape index (κ3) is 2.45. The zero-order valence-corrected chi connectivity index (χ0v) is 9.03. The van der Waals surface area contributed by atoms with E-state index in [2.05, 4.69) is 16.7 Å². The normalized spacial score (nSPS) is 22.4. The molecule has 0 saturated carbocycles. The van der Waals surface area contributed by atoms with Gasteiger partial charge in [-0.05, 0) is 18.6 Å². The van der Waals surface area contributed by atoms with E-state index in [9.17, 15) is 0 Å². The van der Waals surface area contributed by atoms with Gasteiger partial charge in [-0.3, -0.25) is 0 Å². The molecule has 0 aliphatic carbocycles. The number of aromatic nitrogens is 1. The van der Waals surface area contributed by atoms with Gasteiger partial charge >= 0.3 is 0 Å².